The summed E-state index contributed by atoms with van der Waals surface area (Å²) < 4.78 is 26.8. The normalized spacial score (nSPS) is 13.7. The molecule has 0 aliphatic carbocycles. The molecule has 0 radical (unpaired) electrons. The molecule has 0 atom stereocenters. The van der Waals surface area contributed by atoms with Crippen molar-refractivity contribution < 1.29 is 13.2 Å². The molecular weight excluding hydrogens is 382 g/mol. The molecule has 1 aliphatic rings. The number of nitrogens with zero attached hydrogens (tertiary/aromatic N) is 2. The number of para-hydroxylation sites is 1. The monoisotopic (exact) mass is 405 g/mol. The number of carbonyl (C=O) groups excluding carboxylic acids is 1. The van der Waals surface area contributed by atoms with Crippen LogP contribution in [-0.4, -0.2) is 43.4 Å². The maximum absolute atomic E-state index is 12.7. The lowest BCUT2D eigenvalue weighted by Crippen LogP contribution is -2.37. The standard InChI is InChI=1S/C19H23N3O3S2/c1-14(2)26-19-16(7-5-10-21-19)18(23)20-11-13-27(24,25)22-12-9-15-6-3-4-8-17(15)22/h3-8,10,14H,9,11-13H2,1-2H3,(H,20,23). The van der Waals surface area contributed by atoms with Crippen molar-refractivity contribution in [1.82, 2.24) is 10.3 Å². The first-order valence-corrected chi connectivity index (χ1v) is 11.4. The Kier molecular flexibility index (Phi) is 6.06. The SMILES string of the molecule is CC(C)Sc1ncccc1C(=O)NCCS(=O)(=O)N1CCc2ccccc21. The Hall–Kier alpha value is -2.06. The predicted molar refractivity (Wildman–Crippen MR) is 109 cm³/mol. The molecule has 8 heteroatoms. The van der Waals surface area contributed by atoms with Crippen molar-refractivity contribution in [3.63, 3.8) is 0 Å². The topological polar surface area (TPSA) is 79.4 Å². The number of pyridine rings is 1. The van der Waals surface area contributed by atoms with Crippen LogP contribution < -0.4 is 9.62 Å². The van der Waals surface area contributed by atoms with E-state index in [9.17, 15) is 13.2 Å². The molecule has 144 valence electrons. The van der Waals surface area contributed by atoms with E-state index in [0.717, 1.165) is 11.3 Å². The maximum Gasteiger partial charge on any atom is 0.254 e. The first kappa shape index (κ1) is 19.7. The summed E-state index contributed by atoms with van der Waals surface area (Å²) in [6.45, 7) is 4.57. The minimum Gasteiger partial charge on any atom is -0.351 e. The van der Waals surface area contributed by atoms with Crippen molar-refractivity contribution in [2.45, 2.75) is 30.5 Å². The van der Waals surface area contributed by atoms with Gasteiger partial charge in [0, 0.05) is 24.5 Å². The van der Waals surface area contributed by atoms with E-state index in [2.05, 4.69) is 10.3 Å². The summed E-state index contributed by atoms with van der Waals surface area (Å²) in [5.74, 6) is -0.441. The first-order chi connectivity index (χ1) is 12.9. The number of hydrogen-bond acceptors (Lipinski definition) is 5. The number of nitrogens with one attached hydrogen (secondary N) is 1. The number of benzene rings is 1. The van der Waals surface area contributed by atoms with Crippen LogP contribution in [-0.2, 0) is 16.4 Å². The summed E-state index contributed by atoms with van der Waals surface area (Å²) in [5.41, 5.74) is 2.25. The van der Waals surface area contributed by atoms with Gasteiger partial charge in [0.25, 0.3) is 5.91 Å². The number of hydrogen-bond donors (Lipinski definition) is 1. The van der Waals surface area contributed by atoms with Crippen molar-refractivity contribution in [2.24, 2.45) is 0 Å². The minimum absolute atomic E-state index is 0.0561. The average molecular weight is 406 g/mol. The zero-order valence-electron chi connectivity index (χ0n) is 15.4. The number of aromatic nitrogens is 1. The fourth-order valence-corrected chi connectivity index (χ4v) is 5.26. The molecule has 27 heavy (non-hydrogen) atoms. The highest BCUT2D eigenvalue weighted by atomic mass is 32.2. The summed E-state index contributed by atoms with van der Waals surface area (Å²) in [6.07, 6.45) is 2.37. The second kappa shape index (κ2) is 8.31. The van der Waals surface area contributed by atoms with Gasteiger partial charge in [-0.2, -0.15) is 0 Å². The molecule has 1 aromatic heterocycles. The molecule has 0 bridgehead atoms. The highest BCUT2D eigenvalue weighted by Crippen LogP contribution is 2.30. The van der Waals surface area contributed by atoms with Crippen LogP contribution in [0.4, 0.5) is 5.69 Å². The van der Waals surface area contributed by atoms with Crippen molar-refractivity contribution in [3.8, 4) is 0 Å². The molecule has 1 amide bonds. The van der Waals surface area contributed by atoms with E-state index in [0.29, 0.717) is 28.8 Å². The van der Waals surface area contributed by atoms with Gasteiger partial charge in [-0.3, -0.25) is 9.10 Å². The van der Waals surface area contributed by atoms with Crippen LogP contribution in [0, 0.1) is 0 Å². The summed E-state index contributed by atoms with van der Waals surface area (Å²) in [4.78, 5) is 16.7. The van der Waals surface area contributed by atoms with Crippen LogP contribution in [0.2, 0.25) is 0 Å². The minimum atomic E-state index is -3.48. The van der Waals surface area contributed by atoms with E-state index < -0.39 is 10.0 Å². The number of anilines is 1. The van der Waals surface area contributed by atoms with Crippen molar-refractivity contribution in [2.75, 3.05) is 23.1 Å². The van der Waals surface area contributed by atoms with Crippen LogP contribution in [0.25, 0.3) is 0 Å². The Morgan fingerprint density at radius 1 is 1.26 bits per heavy atom. The van der Waals surface area contributed by atoms with Gasteiger partial charge in [-0.15, -0.1) is 11.8 Å². The zero-order valence-corrected chi connectivity index (χ0v) is 17.0. The lowest BCUT2D eigenvalue weighted by molar-refractivity contribution is 0.0952. The molecule has 1 N–H and O–H groups in total. The Morgan fingerprint density at radius 2 is 2.04 bits per heavy atom. The molecular formula is C19H23N3O3S2. The molecule has 0 spiro atoms. The number of carbonyl (C=O) groups is 1. The smallest absolute Gasteiger partial charge is 0.254 e. The number of sulfonamides is 1. The molecule has 3 rings (SSSR count). The molecule has 0 unspecified atom stereocenters. The lowest BCUT2D eigenvalue weighted by Gasteiger charge is -2.19. The summed E-state index contributed by atoms with van der Waals surface area (Å²) >= 11 is 1.51. The van der Waals surface area contributed by atoms with Crippen LogP contribution in [0.5, 0.6) is 0 Å². The molecule has 1 aromatic carbocycles. The summed E-state index contributed by atoms with van der Waals surface area (Å²) in [6, 6.07) is 10.9. The second-order valence-corrected chi connectivity index (χ2v) is 10.1. The van der Waals surface area contributed by atoms with Crippen LogP contribution in [0.1, 0.15) is 29.8 Å². The average Bonchev–Trinajstić information content (AvgIpc) is 3.06. The van der Waals surface area contributed by atoms with Gasteiger partial charge in [0.2, 0.25) is 10.0 Å². The number of fused-ring (bicyclic) bond motifs is 1. The number of thioether (sulfide) groups is 1. The Labute approximate surface area is 164 Å². The molecule has 0 saturated heterocycles. The van der Waals surface area contributed by atoms with Crippen molar-refractivity contribution >= 4 is 33.4 Å². The molecule has 2 heterocycles. The molecule has 0 saturated carbocycles. The fraction of sp³-hybridized carbons (Fsp3) is 0.368. The van der Waals surface area contributed by atoms with Crippen molar-refractivity contribution in [3.05, 3.63) is 53.7 Å². The quantitative estimate of drug-likeness (QED) is 0.717. The highest BCUT2D eigenvalue weighted by molar-refractivity contribution is 7.99. The van der Waals surface area contributed by atoms with Gasteiger partial charge < -0.3 is 5.32 Å². The third-order valence-electron chi connectivity index (χ3n) is 4.19. The van der Waals surface area contributed by atoms with E-state index in [1.165, 1.54) is 16.1 Å². The third kappa shape index (κ3) is 4.62. The van der Waals surface area contributed by atoms with Crippen LogP contribution >= 0.6 is 11.8 Å². The molecule has 6 nitrogen and oxygen atoms in total. The van der Waals surface area contributed by atoms with Gasteiger partial charge in [-0.25, -0.2) is 13.4 Å². The van der Waals surface area contributed by atoms with Gasteiger partial charge in [0.1, 0.15) is 5.03 Å². The summed E-state index contributed by atoms with van der Waals surface area (Å²) in [7, 11) is -3.48. The van der Waals surface area contributed by atoms with Gasteiger partial charge >= 0.3 is 0 Å². The number of rotatable bonds is 7. The van der Waals surface area contributed by atoms with Crippen LogP contribution in [0.3, 0.4) is 0 Å². The Bertz CT molecular complexity index is 929. The molecule has 2 aromatic rings. The van der Waals surface area contributed by atoms with E-state index in [1.807, 2.05) is 38.1 Å². The Morgan fingerprint density at radius 3 is 2.81 bits per heavy atom. The second-order valence-electron chi connectivity index (χ2n) is 6.55. The van der Waals surface area contributed by atoms with E-state index in [4.69, 9.17) is 0 Å². The van der Waals surface area contributed by atoms with Gasteiger partial charge in [0.15, 0.2) is 0 Å². The van der Waals surface area contributed by atoms with Crippen molar-refractivity contribution in [1.29, 1.82) is 0 Å². The van der Waals surface area contributed by atoms with Gasteiger partial charge in [-0.05, 0) is 30.2 Å². The van der Waals surface area contributed by atoms with E-state index in [1.54, 1.807) is 18.3 Å². The fourth-order valence-electron chi connectivity index (χ4n) is 2.98. The lowest BCUT2D eigenvalue weighted by atomic mass is 10.2. The maximum atomic E-state index is 12.7. The first-order valence-electron chi connectivity index (χ1n) is 8.86. The molecule has 0 fully saturated rings. The zero-order chi connectivity index (χ0) is 19.4. The predicted octanol–water partition coefficient (Wildman–Crippen LogP) is 2.70. The molecule has 1 aliphatic heterocycles. The van der Waals surface area contributed by atoms with E-state index in [-0.39, 0.29) is 18.2 Å². The van der Waals surface area contributed by atoms with E-state index >= 15 is 0 Å². The Balaban J connectivity index is 1.62. The van der Waals surface area contributed by atoms with Gasteiger partial charge in [-0.1, -0.05) is 32.0 Å². The highest BCUT2D eigenvalue weighted by Gasteiger charge is 2.28. The number of amides is 1. The largest absolute Gasteiger partial charge is 0.351 e. The van der Waals surface area contributed by atoms with Crippen LogP contribution in [0.15, 0.2) is 47.6 Å². The summed E-state index contributed by atoms with van der Waals surface area (Å²) in [5, 5.41) is 3.67. The van der Waals surface area contributed by atoms with Gasteiger partial charge in [0.05, 0.1) is 17.0 Å². The third-order valence-corrected chi connectivity index (χ3v) is 6.98.